The summed E-state index contributed by atoms with van der Waals surface area (Å²) in [6, 6.07) is 16.1. The summed E-state index contributed by atoms with van der Waals surface area (Å²) in [5.41, 5.74) is 7.29. The molecule has 0 fully saturated rings. The van der Waals surface area contributed by atoms with E-state index in [9.17, 15) is 0 Å². The molecule has 108 valence electrons. The van der Waals surface area contributed by atoms with Crippen LogP contribution in [0.5, 0.6) is 0 Å². The molecule has 0 aliphatic carbocycles. The molecule has 1 heterocycles. The summed E-state index contributed by atoms with van der Waals surface area (Å²) < 4.78 is 1.22. The maximum atomic E-state index is 6.23. The van der Waals surface area contributed by atoms with E-state index in [2.05, 4.69) is 11.1 Å². The lowest BCUT2D eigenvalue weighted by Gasteiger charge is -2.10. The van der Waals surface area contributed by atoms with E-state index in [1.54, 1.807) is 23.1 Å². The first-order valence-corrected chi connectivity index (χ1v) is 8.88. The molecule has 0 saturated carbocycles. The molecule has 1 atom stereocenters. The van der Waals surface area contributed by atoms with Gasteiger partial charge in [0.15, 0.2) is 0 Å². The Balaban J connectivity index is 1.61. The number of nitrogens with zero attached hydrogens (tertiary/aromatic N) is 1. The van der Waals surface area contributed by atoms with Crippen LogP contribution >= 0.6 is 34.7 Å². The zero-order chi connectivity index (χ0) is 14.7. The summed E-state index contributed by atoms with van der Waals surface area (Å²) in [5.74, 6) is 0.833. The molecule has 0 spiro atoms. The highest BCUT2D eigenvalue weighted by atomic mass is 35.5. The maximum Gasteiger partial charge on any atom is 0.0954 e. The molecule has 2 aromatic carbocycles. The summed E-state index contributed by atoms with van der Waals surface area (Å²) >= 11 is 9.57. The number of fused-ring (bicyclic) bond motifs is 1. The predicted molar refractivity (Wildman–Crippen MR) is 93.5 cm³/mol. The van der Waals surface area contributed by atoms with E-state index in [4.69, 9.17) is 17.3 Å². The van der Waals surface area contributed by atoms with Crippen molar-refractivity contribution in [1.82, 2.24) is 4.98 Å². The van der Waals surface area contributed by atoms with Gasteiger partial charge in [0.25, 0.3) is 0 Å². The molecule has 0 radical (unpaired) electrons. The molecule has 21 heavy (non-hydrogen) atoms. The van der Waals surface area contributed by atoms with Gasteiger partial charge in [0.2, 0.25) is 0 Å². The van der Waals surface area contributed by atoms with Gasteiger partial charge in [-0.3, -0.25) is 0 Å². The van der Waals surface area contributed by atoms with Crippen LogP contribution in [0.25, 0.3) is 10.2 Å². The highest BCUT2D eigenvalue weighted by Crippen LogP contribution is 2.28. The Morgan fingerprint density at radius 2 is 1.90 bits per heavy atom. The largest absolute Gasteiger partial charge is 0.327 e. The lowest BCUT2D eigenvalue weighted by molar-refractivity contribution is 0.745. The Morgan fingerprint density at radius 3 is 2.71 bits per heavy atom. The van der Waals surface area contributed by atoms with Crippen LogP contribution in [0.2, 0.25) is 5.02 Å². The third-order valence-corrected chi connectivity index (χ3v) is 5.83. The second kappa shape index (κ2) is 6.79. The fourth-order valence-electron chi connectivity index (χ4n) is 2.05. The number of thioether (sulfide) groups is 1. The van der Waals surface area contributed by atoms with Crippen LogP contribution < -0.4 is 5.73 Å². The van der Waals surface area contributed by atoms with Crippen molar-refractivity contribution in [2.24, 2.45) is 5.73 Å². The minimum atomic E-state index is 0.0758. The number of rotatable bonds is 5. The third-order valence-electron chi connectivity index (χ3n) is 3.06. The fourth-order valence-corrected chi connectivity index (χ4v) is 4.30. The Bertz CT molecular complexity index is 709. The van der Waals surface area contributed by atoms with Gasteiger partial charge in [-0.2, -0.15) is 0 Å². The molecule has 5 heteroatoms. The van der Waals surface area contributed by atoms with Crippen molar-refractivity contribution in [1.29, 1.82) is 0 Å². The molecule has 3 aromatic rings. The summed E-state index contributed by atoms with van der Waals surface area (Å²) in [7, 11) is 0. The molecule has 0 saturated heterocycles. The van der Waals surface area contributed by atoms with Crippen LogP contribution in [0, 0.1) is 0 Å². The van der Waals surface area contributed by atoms with Crippen molar-refractivity contribution in [3.05, 3.63) is 58.6 Å². The van der Waals surface area contributed by atoms with E-state index in [0.717, 1.165) is 32.6 Å². The van der Waals surface area contributed by atoms with Crippen molar-refractivity contribution in [2.75, 3.05) is 5.75 Å². The van der Waals surface area contributed by atoms with E-state index in [1.807, 2.05) is 42.5 Å². The number of hydrogen-bond acceptors (Lipinski definition) is 4. The van der Waals surface area contributed by atoms with Crippen molar-refractivity contribution in [3.63, 3.8) is 0 Å². The monoisotopic (exact) mass is 334 g/mol. The lowest BCUT2D eigenvalue weighted by Crippen LogP contribution is -2.25. The molecule has 1 unspecified atom stereocenters. The van der Waals surface area contributed by atoms with Crippen LogP contribution in [-0.2, 0) is 6.42 Å². The fraction of sp³-hybridized carbons (Fsp3) is 0.188. The van der Waals surface area contributed by atoms with Crippen molar-refractivity contribution < 1.29 is 0 Å². The summed E-state index contributed by atoms with van der Waals surface area (Å²) in [4.78, 5) is 5.71. The van der Waals surface area contributed by atoms with Gasteiger partial charge in [0, 0.05) is 23.1 Å². The molecular formula is C16H15ClN2S2. The van der Waals surface area contributed by atoms with Gasteiger partial charge < -0.3 is 5.73 Å². The van der Waals surface area contributed by atoms with Crippen LogP contribution in [0.1, 0.15) is 5.01 Å². The highest BCUT2D eigenvalue weighted by Gasteiger charge is 2.10. The quantitative estimate of drug-likeness (QED) is 0.692. The number of halogens is 1. The zero-order valence-corrected chi connectivity index (χ0v) is 13.7. The molecular weight excluding hydrogens is 320 g/mol. The molecule has 1 aromatic heterocycles. The number of nitrogens with two attached hydrogens (primary N) is 1. The van der Waals surface area contributed by atoms with Gasteiger partial charge in [-0.1, -0.05) is 35.9 Å². The van der Waals surface area contributed by atoms with E-state index in [1.165, 1.54) is 4.70 Å². The molecule has 0 aliphatic heterocycles. The molecule has 2 nitrogen and oxygen atoms in total. The van der Waals surface area contributed by atoms with E-state index in [0.29, 0.717) is 0 Å². The SMILES string of the molecule is NC(CSc1ccccc1Cl)Cc1nc2ccccc2s1. The molecule has 0 aliphatic rings. The van der Waals surface area contributed by atoms with Crippen LogP contribution in [-0.4, -0.2) is 16.8 Å². The highest BCUT2D eigenvalue weighted by molar-refractivity contribution is 7.99. The molecule has 0 bridgehead atoms. The normalized spacial score (nSPS) is 12.7. The van der Waals surface area contributed by atoms with Gasteiger partial charge in [-0.25, -0.2) is 4.98 Å². The minimum Gasteiger partial charge on any atom is -0.327 e. The number of para-hydroxylation sites is 1. The topological polar surface area (TPSA) is 38.9 Å². The number of benzene rings is 2. The third kappa shape index (κ3) is 3.77. The Kier molecular flexibility index (Phi) is 4.80. The average molecular weight is 335 g/mol. The summed E-state index contributed by atoms with van der Waals surface area (Å²) in [6.07, 6.45) is 0.802. The van der Waals surface area contributed by atoms with Gasteiger partial charge in [-0.15, -0.1) is 23.1 Å². The van der Waals surface area contributed by atoms with E-state index >= 15 is 0 Å². The van der Waals surface area contributed by atoms with Crippen molar-refractivity contribution >= 4 is 44.9 Å². The average Bonchev–Trinajstić information content (AvgIpc) is 2.88. The van der Waals surface area contributed by atoms with Crippen molar-refractivity contribution in [3.8, 4) is 0 Å². The zero-order valence-electron chi connectivity index (χ0n) is 11.3. The first-order chi connectivity index (χ1) is 10.2. The lowest BCUT2D eigenvalue weighted by atomic mass is 10.2. The Morgan fingerprint density at radius 1 is 1.14 bits per heavy atom. The summed E-state index contributed by atoms with van der Waals surface area (Å²) in [6.45, 7) is 0. The van der Waals surface area contributed by atoms with E-state index in [-0.39, 0.29) is 6.04 Å². The maximum absolute atomic E-state index is 6.23. The van der Waals surface area contributed by atoms with Crippen LogP contribution in [0.4, 0.5) is 0 Å². The molecule has 3 rings (SSSR count). The smallest absolute Gasteiger partial charge is 0.0954 e. The van der Waals surface area contributed by atoms with Gasteiger partial charge in [0.05, 0.1) is 20.2 Å². The van der Waals surface area contributed by atoms with Gasteiger partial charge in [0.1, 0.15) is 0 Å². The molecule has 0 amide bonds. The first kappa shape index (κ1) is 14.9. The van der Waals surface area contributed by atoms with E-state index < -0.39 is 0 Å². The first-order valence-electron chi connectivity index (χ1n) is 6.70. The second-order valence-electron chi connectivity index (χ2n) is 4.78. The Hall–Kier alpha value is -1.07. The van der Waals surface area contributed by atoms with Crippen LogP contribution in [0.15, 0.2) is 53.4 Å². The molecule has 2 N–H and O–H groups in total. The Labute approximate surface area is 137 Å². The number of thiazole rings is 1. The summed E-state index contributed by atoms with van der Waals surface area (Å²) in [5, 5.41) is 1.89. The minimum absolute atomic E-state index is 0.0758. The second-order valence-corrected chi connectivity index (χ2v) is 7.37. The van der Waals surface area contributed by atoms with Crippen LogP contribution in [0.3, 0.4) is 0 Å². The van der Waals surface area contributed by atoms with Crippen molar-refractivity contribution in [2.45, 2.75) is 17.4 Å². The van der Waals surface area contributed by atoms with Gasteiger partial charge in [-0.05, 0) is 24.3 Å². The number of aromatic nitrogens is 1. The predicted octanol–water partition coefficient (Wildman–Crippen LogP) is 4.61. The standard InChI is InChI=1S/C16H15ClN2S2/c17-12-5-1-3-7-14(12)20-10-11(18)9-16-19-13-6-2-4-8-15(13)21-16/h1-8,11H,9-10,18H2. The van der Waals surface area contributed by atoms with Gasteiger partial charge >= 0.3 is 0 Å². The number of hydrogen-bond donors (Lipinski definition) is 1.